The van der Waals surface area contributed by atoms with E-state index in [0.717, 1.165) is 25.9 Å². The monoisotopic (exact) mass is 446 g/mol. The molecule has 1 aromatic rings. The maximum Gasteiger partial charge on any atom is 0.322 e. The van der Waals surface area contributed by atoms with Crippen molar-refractivity contribution in [1.82, 2.24) is 14.7 Å². The van der Waals surface area contributed by atoms with Crippen molar-refractivity contribution in [3.63, 3.8) is 0 Å². The molecule has 1 atom stereocenters. The van der Waals surface area contributed by atoms with Crippen LogP contribution in [0.3, 0.4) is 0 Å². The van der Waals surface area contributed by atoms with Crippen molar-refractivity contribution in [2.45, 2.75) is 51.5 Å². The number of amides is 4. The zero-order chi connectivity index (χ0) is 22.0. The predicted molar refractivity (Wildman–Crippen MR) is 120 cm³/mol. The van der Waals surface area contributed by atoms with E-state index in [-0.39, 0.29) is 17.8 Å². The summed E-state index contributed by atoms with van der Waals surface area (Å²) in [6.45, 7) is 5.03. The van der Waals surface area contributed by atoms with Crippen molar-refractivity contribution < 1.29 is 14.4 Å². The van der Waals surface area contributed by atoms with Crippen molar-refractivity contribution in [2.75, 3.05) is 38.0 Å². The Bertz CT molecular complexity index is 830. The van der Waals surface area contributed by atoms with Gasteiger partial charge in [-0.25, -0.2) is 4.79 Å². The van der Waals surface area contributed by atoms with E-state index in [0.29, 0.717) is 48.6 Å². The smallest absolute Gasteiger partial charge is 0.322 e. The fourth-order valence-corrected chi connectivity index (χ4v) is 4.77. The van der Waals surface area contributed by atoms with E-state index < -0.39 is 6.04 Å². The van der Waals surface area contributed by atoms with E-state index in [2.05, 4.69) is 5.32 Å². The Kier molecular flexibility index (Phi) is 6.42. The Morgan fingerprint density at radius 2 is 1.74 bits per heavy atom. The molecule has 2 aliphatic heterocycles. The number of halogens is 1. The van der Waals surface area contributed by atoms with Crippen LogP contribution in [0.25, 0.3) is 0 Å². The molecule has 4 amide bonds. The summed E-state index contributed by atoms with van der Waals surface area (Å²) in [7, 11) is 0. The van der Waals surface area contributed by atoms with Gasteiger partial charge in [0.2, 0.25) is 11.8 Å². The highest BCUT2D eigenvalue weighted by Crippen LogP contribution is 2.53. The van der Waals surface area contributed by atoms with Gasteiger partial charge in [-0.1, -0.05) is 11.6 Å². The maximum absolute atomic E-state index is 12.8. The molecule has 1 N–H and O–H groups in total. The van der Waals surface area contributed by atoms with Crippen LogP contribution in [-0.2, 0) is 9.59 Å². The first kappa shape index (κ1) is 21.9. The molecule has 8 heteroatoms. The zero-order valence-corrected chi connectivity index (χ0v) is 18.9. The Hall–Kier alpha value is -2.28. The Balaban J connectivity index is 1.20. The molecule has 1 aromatic carbocycles. The minimum absolute atomic E-state index is 0.0707. The molecular weight excluding hydrogens is 416 g/mol. The molecule has 3 fully saturated rings. The number of piperidine rings is 1. The number of hydrogen-bond acceptors (Lipinski definition) is 3. The number of benzene rings is 1. The second kappa shape index (κ2) is 9.07. The first-order chi connectivity index (χ1) is 14.9. The van der Waals surface area contributed by atoms with Crippen LogP contribution >= 0.6 is 11.6 Å². The van der Waals surface area contributed by atoms with Crippen LogP contribution < -0.4 is 5.32 Å². The summed E-state index contributed by atoms with van der Waals surface area (Å²) >= 11 is 5.88. The quantitative estimate of drug-likeness (QED) is 0.751. The largest absolute Gasteiger partial charge is 0.343 e. The molecule has 1 spiro atoms. The van der Waals surface area contributed by atoms with Crippen LogP contribution in [0.2, 0.25) is 5.02 Å². The third-order valence-corrected chi connectivity index (χ3v) is 7.31. The van der Waals surface area contributed by atoms with E-state index >= 15 is 0 Å². The Labute approximate surface area is 188 Å². The average molecular weight is 447 g/mol. The zero-order valence-electron chi connectivity index (χ0n) is 18.1. The summed E-state index contributed by atoms with van der Waals surface area (Å²) in [5.74, 6) is 0.135. The number of rotatable bonds is 5. The topological polar surface area (TPSA) is 73.0 Å². The highest BCUT2D eigenvalue weighted by Gasteiger charge is 2.45. The van der Waals surface area contributed by atoms with Crippen LogP contribution in [0.4, 0.5) is 10.5 Å². The van der Waals surface area contributed by atoms with Crippen LogP contribution in [0.15, 0.2) is 24.3 Å². The van der Waals surface area contributed by atoms with Gasteiger partial charge in [0.05, 0.1) is 0 Å². The van der Waals surface area contributed by atoms with Gasteiger partial charge in [-0.15, -0.1) is 0 Å². The van der Waals surface area contributed by atoms with Crippen LogP contribution in [0.1, 0.15) is 45.4 Å². The third-order valence-electron chi connectivity index (χ3n) is 7.06. The number of urea groups is 1. The summed E-state index contributed by atoms with van der Waals surface area (Å²) in [5, 5.41) is 3.41. The number of likely N-dealkylation sites (tertiary alicyclic amines) is 1. The lowest BCUT2D eigenvalue weighted by Gasteiger charge is -2.39. The number of nitrogens with zero attached hydrogens (tertiary/aromatic N) is 3. The fourth-order valence-electron chi connectivity index (χ4n) is 4.64. The van der Waals surface area contributed by atoms with Gasteiger partial charge in [-0.2, -0.15) is 0 Å². The van der Waals surface area contributed by atoms with Gasteiger partial charge >= 0.3 is 6.03 Å². The van der Waals surface area contributed by atoms with Crippen molar-refractivity contribution in [1.29, 1.82) is 0 Å². The fraction of sp³-hybridized carbons (Fsp3) is 0.609. The SMILES string of the molecule is C[C@H]1C(=O)N(CCCC(=O)N2CCC3(CC2)CC3)CCN1C(=O)Nc1ccc(Cl)cc1. The first-order valence-electron chi connectivity index (χ1n) is 11.3. The lowest BCUT2D eigenvalue weighted by atomic mass is 9.93. The minimum atomic E-state index is -0.534. The molecule has 0 radical (unpaired) electrons. The molecule has 31 heavy (non-hydrogen) atoms. The van der Waals surface area contributed by atoms with Gasteiger partial charge in [0, 0.05) is 49.9 Å². The highest BCUT2D eigenvalue weighted by atomic mass is 35.5. The average Bonchev–Trinajstić information content (AvgIpc) is 3.52. The van der Waals surface area contributed by atoms with E-state index in [1.807, 2.05) is 4.90 Å². The van der Waals surface area contributed by atoms with E-state index in [4.69, 9.17) is 11.6 Å². The number of piperazine rings is 1. The van der Waals surface area contributed by atoms with Crippen molar-refractivity contribution >= 4 is 35.1 Å². The van der Waals surface area contributed by atoms with Crippen LogP contribution in [0.5, 0.6) is 0 Å². The third kappa shape index (κ3) is 5.14. The van der Waals surface area contributed by atoms with Crippen molar-refractivity contribution in [2.24, 2.45) is 5.41 Å². The van der Waals surface area contributed by atoms with Gasteiger partial charge in [0.15, 0.2) is 0 Å². The Morgan fingerprint density at radius 3 is 2.39 bits per heavy atom. The second-order valence-electron chi connectivity index (χ2n) is 9.12. The maximum atomic E-state index is 12.8. The molecule has 2 saturated heterocycles. The highest BCUT2D eigenvalue weighted by molar-refractivity contribution is 6.30. The number of carbonyl (C=O) groups is 3. The molecule has 0 bridgehead atoms. The normalized spacial score (nSPS) is 22.6. The molecule has 1 saturated carbocycles. The Morgan fingerprint density at radius 1 is 1.06 bits per heavy atom. The number of nitrogens with one attached hydrogen (secondary N) is 1. The predicted octanol–water partition coefficient (Wildman–Crippen LogP) is 3.59. The van der Waals surface area contributed by atoms with E-state index in [9.17, 15) is 14.4 Å². The minimum Gasteiger partial charge on any atom is -0.343 e. The van der Waals surface area contributed by atoms with Crippen molar-refractivity contribution in [3.8, 4) is 0 Å². The lowest BCUT2D eigenvalue weighted by Crippen LogP contribution is -2.58. The molecule has 3 aliphatic rings. The summed E-state index contributed by atoms with van der Waals surface area (Å²) in [6, 6.07) is 6.04. The van der Waals surface area contributed by atoms with Gasteiger partial charge in [0.1, 0.15) is 6.04 Å². The number of hydrogen-bond donors (Lipinski definition) is 1. The first-order valence-corrected chi connectivity index (χ1v) is 11.6. The van der Waals surface area contributed by atoms with E-state index in [1.54, 1.807) is 41.0 Å². The summed E-state index contributed by atoms with van der Waals surface area (Å²) < 4.78 is 0. The summed E-state index contributed by atoms with van der Waals surface area (Å²) in [4.78, 5) is 43.2. The summed E-state index contributed by atoms with van der Waals surface area (Å²) in [6.07, 6.45) is 6.10. The van der Waals surface area contributed by atoms with Crippen LogP contribution in [-0.4, -0.2) is 71.3 Å². The lowest BCUT2D eigenvalue weighted by molar-refractivity contribution is -0.140. The molecule has 168 valence electrons. The molecule has 2 heterocycles. The molecular formula is C23H31ClN4O3. The number of carbonyl (C=O) groups excluding carboxylic acids is 3. The van der Waals surface area contributed by atoms with E-state index in [1.165, 1.54) is 12.8 Å². The van der Waals surface area contributed by atoms with Crippen molar-refractivity contribution in [3.05, 3.63) is 29.3 Å². The second-order valence-corrected chi connectivity index (χ2v) is 9.55. The van der Waals surface area contributed by atoms with Gasteiger partial charge in [0.25, 0.3) is 0 Å². The standard InChI is InChI=1S/C23H31ClN4O3/c1-17-21(30)27(12-2-3-20(29)26-13-10-23(8-9-23)11-14-26)15-16-28(17)22(31)25-19-6-4-18(24)5-7-19/h4-7,17H,2-3,8-16H2,1H3,(H,25,31)/t17-/m0/s1. The van der Waals surface area contributed by atoms with Crippen LogP contribution in [0, 0.1) is 5.41 Å². The van der Waals surface area contributed by atoms with Gasteiger partial charge in [-0.3, -0.25) is 9.59 Å². The van der Waals surface area contributed by atoms with Gasteiger partial charge in [-0.05, 0) is 68.7 Å². The van der Waals surface area contributed by atoms with Gasteiger partial charge < -0.3 is 20.0 Å². The number of anilines is 1. The molecule has 0 unspecified atom stereocenters. The molecule has 4 rings (SSSR count). The molecule has 1 aliphatic carbocycles. The summed E-state index contributed by atoms with van der Waals surface area (Å²) in [5.41, 5.74) is 1.21. The molecule has 0 aromatic heterocycles. The molecule has 7 nitrogen and oxygen atoms in total.